The molecule has 0 aliphatic rings. The summed E-state index contributed by atoms with van der Waals surface area (Å²) in [5.41, 5.74) is 0. The Hall–Kier alpha value is -1.14. The molecule has 0 bridgehead atoms. The quantitative estimate of drug-likeness (QED) is 0.259. The molecule has 0 saturated heterocycles. The third kappa shape index (κ3) is 661. The van der Waals surface area contributed by atoms with Gasteiger partial charge in [-0.3, -0.25) is 0 Å². The van der Waals surface area contributed by atoms with Crippen LogP contribution in [0.5, 0.6) is 0 Å². The van der Waals surface area contributed by atoms with Crippen molar-refractivity contribution in [3.05, 3.63) is 30.6 Å². The van der Waals surface area contributed by atoms with Gasteiger partial charge in [0.05, 0.1) is 10.2 Å². The van der Waals surface area contributed by atoms with Crippen LogP contribution in [-0.4, -0.2) is 10.2 Å². The van der Waals surface area contributed by atoms with Gasteiger partial charge in [0.15, 0.2) is 0 Å². The molecule has 0 aliphatic heterocycles. The Kier molecular flexibility index (Phi) is 203. The minimum absolute atomic E-state index is 0. The molecule has 0 saturated carbocycles. The van der Waals surface area contributed by atoms with Crippen LogP contribution in [-0.2, 0) is 19.5 Å². The van der Waals surface area contributed by atoms with E-state index in [1.165, 1.54) is 0 Å². The van der Waals surface area contributed by atoms with Crippen molar-refractivity contribution in [1.82, 2.24) is 24.6 Å². The number of nitrogens with zero attached hydrogens (tertiary/aromatic N) is 2. The fourth-order valence-corrected chi connectivity index (χ4v) is 0. The molecule has 13 heavy (non-hydrogen) atoms. The Morgan fingerprint density at radius 3 is 0.615 bits per heavy atom. The van der Waals surface area contributed by atoms with Crippen molar-refractivity contribution in [3.63, 3.8) is 0 Å². The minimum atomic E-state index is -1.75. The summed E-state index contributed by atoms with van der Waals surface area (Å²) < 4.78 is 0. The third-order valence-corrected chi connectivity index (χ3v) is 0. The monoisotopic (exact) mass is 256 g/mol. The summed E-state index contributed by atoms with van der Waals surface area (Å²) >= 11 is 0. The molecule has 0 rings (SSSR count). The second-order valence-corrected chi connectivity index (χ2v) is 0.447. The number of hydrogen-bond donors (Lipinski definition) is 4. The van der Waals surface area contributed by atoms with Crippen molar-refractivity contribution in [2.45, 2.75) is 0 Å². The van der Waals surface area contributed by atoms with Crippen LogP contribution in [0.3, 0.4) is 0 Å². The average Bonchev–Trinajstić information content (AvgIpc) is 1.25. The van der Waals surface area contributed by atoms with E-state index in [1.54, 1.807) is 0 Å². The molecule has 0 unspecified atom stereocenters. The molecule has 0 spiro atoms. The van der Waals surface area contributed by atoms with Gasteiger partial charge < -0.3 is 55.2 Å². The number of rotatable bonds is 0. The Balaban J connectivity index is -0.00000000800. The van der Waals surface area contributed by atoms with Crippen molar-refractivity contribution in [3.8, 4) is 0 Å². The molecule has 0 atom stereocenters. The first kappa shape index (κ1) is 59.2. The van der Waals surface area contributed by atoms with E-state index in [0.717, 1.165) is 0 Å². The summed E-state index contributed by atoms with van der Waals surface area (Å²) in [6.07, 6.45) is 0. The molecule has 0 aromatic carbocycles. The Bertz CT molecular complexity index is 75.1. The molecular formula is H12N6O6Zn. The Morgan fingerprint density at radius 1 is 0.615 bits per heavy atom. The zero-order valence-corrected chi connectivity index (χ0v) is 9.85. The molecule has 80 valence electrons. The van der Waals surface area contributed by atoms with E-state index in [0.29, 0.717) is 0 Å². The van der Waals surface area contributed by atoms with Crippen molar-refractivity contribution >= 4 is 0 Å². The SMILES string of the molecule is N.N.N.N.O=[N+]([O-])[O-].O=[N+]([O-])[O-].[Zn+2]. The Morgan fingerprint density at radius 2 is 0.615 bits per heavy atom. The summed E-state index contributed by atoms with van der Waals surface area (Å²) in [6, 6.07) is 0. The zero-order valence-electron chi connectivity index (χ0n) is 6.88. The minimum Gasteiger partial charge on any atom is -0.356 e. The maximum Gasteiger partial charge on any atom is 2.00 e. The first-order chi connectivity index (χ1) is 3.46. The standard InChI is InChI=1S/2NO3.4H3N.Zn/c2*2-1(3)4;;;;;/h;;4*1H3;/q2*-1;;;;;+2. The maximum absolute atomic E-state index is 8.25. The molecule has 13 heteroatoms. The predicted octanol–water partition coefficient (Wildman–Crippen LogP) is 0.167. The van der Waals surface area contributed by atoms with Crippen LogP contribution in [0.2, 0.25) is 0 Å². The average molecular weight is 258 g/mol. The van der Waals surface area contributed by atoms with Gasteiger partial charge in [-0.15, -0.1) is 0 Å². The van der Waals surface area contributed by atoms with Gasteiger partial charge in [0.1, 0.15) is 0 Å². The van der Waals surface area contributed by atoms with Crippen LogP contribution in [0.1, 0.15) is 0 Å². The van der Waals surface area contributed by atoms with Crippen LogP contribution in [0.25, 0.3) is 0 Å². The van der Waals surface area contributed by atoms with Gasteiger partial charge in [-0.2, -0.15) is 0 Å². The van der Waals surface area contributed by atoms with Gasteiger partial charge in [0, 0.05) is 0 Å². The van der Waals surface area contributed by atoms with E-state index < -0.39 is 10.2 Å². The molecule has 0 aromatic rings. The van der Waals surface area contributed by atoms with Crippen LogP contribution < -0.4 is 24.6 Å². The fraction of sp³-hybridized carbons (Fsp3) is 0. The van der Waals surface area contributed by atoms with Gasteiger partial charge >= 0.3 is 19.5 Å². The molecule has 12 N–H and O–H groups in total. The summed E-state index contributed by atoms with van der Waals surface area (Å²) in [4.78, 5) is 16.5. The molecule has 0 aliphatic carbocycles. The van der Waals surface area contributed by atoms with Crippen molar-refractivity contribution in [2.24, 2.45) is 0 Å². The molecule has 0 amide bonds. The van der Waals surface area contributed by atoms with Gasteiger partial charge in [-0.1, -0.05) is 0 Å². The first-order valence-electron chi connectivity index (χ1n) is 1.10. The van der Waals surface area contributed by atoms with E-state index in [1.807, 2.05) is 0 Å². The van der Waals surface area contributed by atoms with E-state index >= 15 is 0 Å². The van der Waals surface area contributed by atoms with Crippen molar-refractivity contribution in [2.75, 3.05) is 0 Å². The van der Waals surface area contributed by atoms with Gasteiger partial charge in [-0.25, -0.2) is 0 Å². The summed E-state index contributed by atoms with van der Waals surface area (Å²) in [5.74, 6) is 0. The largest absolute Gasteiger partial charge is 2.00 e. The topological polar surface area (TPSA) is 272 Å². The van der Waals surface area contributed by atoms with Gasteiger partial charge in [0.25, 0.3) is 0 Å². The zero-order chi connectivity index (χ0) is 7.15. The summed E-state index contributed by atoms with van der Waals surface area (Å²) in [7, 11) is 0. The summed E-state index contributed by atoms with van der Waals surface area (Å²) in [5, 5.41) is 29.5. The normalized spacial score (nSPS) is 3.69. The molecule has 0 heterocycles. The van der Waals surface area contributed by atoms with Crippen molar-refractivity contribution in [1.29, 1.82) is 0 Å². The molecule has 0 aromatic heterocycles. The van der Waals surface area contributed by atoms with E-state index in [-0.39, 0.29) is 44.1 Å². The fourth-order valence-electron chi connectivity index (χ4n) is 0. The second kappa shape index (κ2) is 44.7. The molecule has 0 fully saturated rings. The van der Waals surface area contributed by atoms with Gasteiger partial charge in [0.2, 0.25) is 0 Å². The number of hydrogen-bond acceptors (Lipinski definition) is 10. The van der Waals surface area contributed by atoms with Gasteiger partial charge in [-0.05, 0) is 0 Å². The van der Waals surface area contributed by atoms with Crippen LogP contribution >= 0.6 is 0 Å². The smallest absolute Gasteiger partial charge is 0.356 e. The second-order valence-electron chi connectivity index (χ2n) is 0.447. The molecule has 0 radical (unpaired) electrons. The van der Waals surface area contributed by atoms with E-state index in [9.17, 15) is 0 Å². The summed E-state index contributed by atoms with van der Waals surface area (Å²) in [6.45, 7) is 0. The van der Waals surface area contributed by atoms with Crippen LogP contribution in [0, 0.1) is 30.6 Å². The third-order valence-electron chi connectivity index (χ3n) is 0. The van der Waals surface area contributed by atoms with Crippen LogP contribution in [0.15, 0.2) is 0 Å². The van der Waals surface area contributed by atoms with Crippen molar-refractivity contribution < 1.29 is 29.7 Å². The molecule has 12 nitrogen and oxygen atoms in total. The van der Waals surface area contributed by atoms with E-state index in [2.05, 4.69) is 0 Å². The van der Waals surface area contributed by atoms with E-state index in [4.69, 9.17) is 30.6 Å². The first-order valence-corrected chi connectivity index (χ1v) is 1.10. The molecular weight excluding hydrogens is 245 g/mol. The van der Waals surface area contributed by atoms with Crippen LogP contribution in [0.4, 0.5) is 0 Å². The predicted molar refractivity (Wildman–Crippen MR) is 40.8 cm³/mol. The maximum atomic E-state index is 8.25. The Labute approximate surface area is 85.6 Å².